The fraction of sp³-hybridized carbons (Fsp3) is 0.0952. The Balaban J connectivity index is 1.95. The largest absolute Gasteiger partial charge is 0.454 e. The maximum Gasteiger partial charge on any atom is 0.338 e. The minimum Gasteiger partial charge on any atom is -0.454 e. The number of esters is 1. The molecule has 2 nitrogen and oxygen atoms in total. The predicted octanol–water partition coefficient (Wildman–Crippen LogP) is 5.14. The molecule has 116 valence electrons. The van der Waals surface area contributed by atoms with Crippen LogP contribution < -0.4 is 0 Å². The van der Waals surface area contributed by atoms with Gasteiger partial charge in [-0.05, 0) is 35.8 Å². The number of hydrogen-bond donors (Lipinski definition) is 0. The molecule has 0 bridgehead atoms. The van der Waals surface area contributed by atoms with E-state index in [1.807, 2.05) is 61.5 Å². The third-order valence-corrected chi connectivity index (χ3v) is 3.48. The Morgan fingerprint density at radius 2 is 1.65 bits per heavy atom. The number of carbonyl (C=O) groups excluding carboxylic acids is 1. The second-order valence-electron chi connectivity index (χ2n) is 5.19. The van der Waals surface area contributed by atoms with Gasteiger partial charge >= 0.3 is 5.97 Å². The summed E-state index contributed by atoms with van der Waals surface area (Å²) in [6.45, 7) is 9.51. The van der Waals surface area contributed by atoms with E-state index in [-0.39, 0.29) is 12.1 Å². The zero-order chi connectivity index (χ0) is 16.7. The highest BCUT2D eigenvalue weighted by Crippen LogP contribution is 2.13. The molecule has 23 heavy (non-hydrogen) atoms. The number of ether oxygens (including phenoxy) is 1. The van der Waals surface area contributed by atoms with Gasteiger partial charge in [-0.25, -0.2) is 4.79 Å². The van der Waals surface area contributed by atoms with Gasteiger partial charge in [0.1, 0.15) is 6.10 Å². The molecule has 2 rings (SSSR count). The topological polar surface area (TPSA) is 26.3 Å². The molecule has 0 saturated carbocycles. The molecule has 2 aromatic rings. The Morgan fingerprint density at radius 3 is 2.26 bits per heavy atom. The smallest absolute Gasteiger partial charge is 0.338 e. The van der Waals surface area contributed by atoms with Crippen molar-refractivity contribution in [3.8, 4) is 0 Å². The normalized spacial score (nSPS) is 11.9. The number of hydrogen-bond acceptors (Lipinski definition) is 2. The van der Waals surface area contributed by atoms with Crippen LogP contribution >= 0.6 is 0 Å². The highest BCUT2D eigenvalue weighted by atomic mass is 16.5. The number of carbonyl (C=O) groups is 1. The fourth-order valence-electron chi connectivity index (χ4n) is 1.96. The molecule has 0 saturated heterocycles. The molecule has 0 amide bonds. The van der Waals surface area contributed by atoms with Gasteiger partial charge in [-0.15, -0.1) is 0 Å². The second-order valence-corrected chi connectivity index (χ2v) is 5.19. The molecule has 1 atom stereocenters. The van der Waals surface area contributed by atoms with E-state index in [1.54, 1.807) is 18.2 Å². The lowest BCUT2D eigenvalue weighted by atomic mass is 10.1. The molecular formula is C21H20O2. The molecule has 0 aromatic heterocycles. The van der Waals surface area contributed by atoms with Gasteiger partial charge in [-0.3, -0.25) is 0 Å². The van der Waals surface area contributed by atoms with Crippen LogP contribution in [0.2, 0.25) is 0 Å². The average molecular weight is 304 g/mol. The zero-order valence-electron chi connectivity index (χ0n) is 13.2. The van der Waals surface area contributed by atoms with Gasteiger partial charge in [-0.1, -0.05) is 73.9 Å². The molecule has 2 aromatic carbocycles. The summed E-state index contributed by atoms with van der Waals surface area (Å²) in [5.74, 6) is -0.344. The summed E-state index contributed by atoms with van der Waals surface area (Å²) in [5.41, 5.74) is 3.41. The zero-order valence-corrected chi connectivity index (χ0v) is 13.2. The number of benzene rings is 2. The molecule has 1 unspecified atom stereocenters. The van der Waals surface area contributed by atoms with E-state index in [1.165, 1.54) is 0 Å². The van der Waals surface area contributed by atoms with Gasteiger partial charge in [0.2, 0.25) is 0 Å². The molecular weight excluding hydrogens is 284 g/mol. The van der Waals surface area contributed by atoms with Gasteiger partial charge in [0.15, 0.2) is 0 Å². The highest BCUT2D eigenvalue weighted by molar-refractivity contribution is 5.89. The van der Waals surface area contributed by atoms with Crippen molar-refractivity contribution in [1.82, 2.24) is 0 Å². The Hall–Kier alpha value is -2.87. The van der Waals surface area contributed by atoms with Crippen LogP contribution in [-0.2, 0) is 4.74 Å². The first-order valence-electron chi connectivity index (χ1n) is 7.45. The molecule has 0 heterocycles. The van der Waals surface area contributed by atoms with Crippen LogP contribution in [0.3, 0.4) is 0 Å². The lowest BCUT2D eigenvalue weighted by Gasteiger charge is -2.13. The van der Waals surface area contributed by atoms with Gasteiger partial charge < -0.3 is 4.74 Å². The summed E-state index contributed by atoms with van der Waals surface area (Å²) in [6, 6.07) is 16.9. The Labute approximate surface area is 137 Å². The quantitative estimate of drug-likeness (QED) is 0.545. The lowest BCUT2D eigenvalue weighted by Crippen LogP contribution is -2.16. The van der Waals surface area contributed by atoms with Crippen LogP contribution in [0.25, 0.3) is 12.2 Å². The van der Waals surface area contributed by atoms with Crippen molar-refractivity contribution in [3.63, 3.8) is 0 Å². The van der Waals surface area contributed by atoms with Crippen molar-refractivity contribution in [2.24, 2.45) is 0 Å². The van der Waals surface area contributed by atoms with Gasteiger partial charge in [-0.2, -0.15) is 0 Å². The first-order chi connectivity index (χ1) is 11.1. The van der Waals surface area contributed by atoms with Crippen molar-refractivity contribution in [2.75, 3.05) is 0 Å². The standard InChI is InChI=1S/C21H20O2/c1-4-18-12-14-19(15-13-18)11-10-16(2)17(3)23-21(22)20-8-6-5-7-9-20/h4-15,17H,1-2H2,3H3/b11-10-. The predicted molar refractivity (Wildman–Crippen MR) is 96.0 cm³/mol. The van der Waals surface area contributed by atoms with E-state index >= 15 is 0 Å². The molecule has 0 fully saturated rings. The van der Waals surface area contributed by atoms with E-state index in [4.69, 9.17) is 4.74 Å². The average Bonchev–Trinajstić information content (AvgIpc) is 2.60. The van der Waals surface area contributed by atoms with Crippen LogP contribution in [0.4, 0.5) is 0 Å². The monoisotopic (exact) mass is 304 g/mol. The van der Waals surface area contributed by atoms with Crippen molar-refractivity contribution < 1.29 is 9.53 Å². The molecule has 0 radical (unpaired) electrons. The highest BCUT2D eigenvalue weighted by Gasteiger charge is 2.12. The van der Waals surface area contributed by atoms with Crippen molar-refractivity contribution in [1.29, 1.82) is 0 Å². The van der Waals surface area contributed by atoms with E-state index < -0.39 is 0 Å². The lowest BCUT2D eigenvalue weighted by molar-refractivity contribution is 0.0412. The van der Waals surface area contributed by atoms with E-state index in [0.29, 0.717) is 5.56 Å². The Bertz CT molecular complexity index is 709. The Kier molecular flexibility index (Phi) is 5.70. The summed E-state index contributed by atoms with van der Waals surface area (Å²) in [7, 11) is 0. The molecule has 0 aliphatic rings. The summed E-state index contributed by atoms with van der Waals surface area (Å²) >= 11 is 0. The van der Waals surface area contributed by atoms with Crippen LogP contribution in [0, 0.1) is 0 Å². The maximum absolute atomic E-state index is 12.0. The van der Waals surface area contributed by atoms with Crippen molar-refractivity contribution >= 4 is 18.1 Å². The molecule has 0 aliphatic heterocycles. The maximum atomic E-state index is 12.0. The number of rotatable bonds is 6. The van der Waals surface area contributed by atoms with Crippen LogP contribution in [-0.4, -0.2) is 12.1 Å². The Morgan fingerprint density at radius 1 is 1.04 bits per heavy atom. The SMILES string of the molecule is C=Cc1ccc(/C=C\C(=C)C(C)OC(=O)c2ccccc2)cc1. The summed E-state index contributed by atoms with van der Waals surface area (Å²) in [6.07, 6.45) is 5.23. The fourth-order valence-corrected chi connectivity index (χ4v) is 1.96. The minimum atomic E-state index is -0.383. The van der Waals surface area contributed by atoms with Gasteiger partial charge in [0.25, 0.3) is 0 Å². The first kappa shape index (κ1) is 16.5. The summed E-state index contributed by atoms with van der Waals surface area (Å²) < 4.78 is 5.42. The van der Waals surface area contributed by atoms with Gasteiger partial charge in [0.05, 0.1) is 5.56 Å². The molecule has 0 spiro atoms. The van der Waals surface area contributed by atoms with Crippen molar-refractivity contribution in [3.05, 3.63) is 96.1 Å². The van der Waals surface area contributed by atoms with Crippen LogP contribution in [0.15, 0.2) is 79.4 Å². The van der Waals surface area contributed by atoms with Crippen LogP contribution in [0.5, 0.6) is 0 Å². The summed E-state index contributed by atoms with van der Waals surface area (Å²) in [4.78, 5) is 12.0. The van der Waals surface area contributed by atoms with E-state index in [9.17, 15) is 4.79 Å². The van der Waals surface area contributed by atoms with Crippen molar-refractivity contribution in [2.45, 2.75) is 13.0 Å². The van der Waals surface area contributed by atoms with E-state index in [0.717, 1.165) is 16.7 Å². The summed E-state index contributed by atoms with van der Waals surface area (Å²) in [5, 5.41) is 0. The minimum absolute atomic E-state index is 0.344. The molecule has 0 aliphatic carbocycles. The second kappa shape index (κ2) is 7.95. The third-order valence-electron chi connectivity index (χ3n) is 3.48. The van der Waals surface area contributed by atoms with Gasteiger partial charge in [0, 0.05) is 0 Å². The van der Waals surface area contributed by atoms with E-state index in [2.05, 4.69) is 13.2 Å². The molecule has 2 heteroatoms. The molecule has 0 N–H and O–H groups in total. The van der Waals surface area contributed by atoms with Crippen LogP contribution in [0.1, 0.15) is 28.4 Å². The first-order valence-corrected chi connectivity index (χ1v) is 7.45. The third kappa shape index (κ3) is 4.82.